The first-order chi connectivity index (χ1) is 9.06. The van der Waals surface area contributed by atoms with Crippen LogP contribution in [-0.2, 0) is 4.79 Å². The molecule has 3 N–H and O–H groups in total. The van der Waals surface area contributed by atoms with Gasteiger partial charge in [0.05, 0.1) is 5.69 Å². The van der Waals surface area contributed by atoms with Gasteiger partial charge >= 0.3 is 0 Å². The van der Waals surface area contributed by atoms with Crippen LogP contribution in [0.15, 0.2) is 24.3 Å². The number of anilines is 1. The number of hydrogen-bond acceptors (Lipinski definition) is 4. The lowest BCUT2D eigenvalue weighted by molar-refractivity contribution is -0.135. The fourth-order valence-corrected chi connectivity index (χ4v) is 1.75. The fraction of sp³-hybridized carbons (Fsp3) is 0.500. The highest BCUT2D eigenvalue weighted by molar-refractivity contribution is 5.78. The van der Waals surface area contributed by atoms with Gasteiger partial charge in [0.15, 0.2) is 6.61 Å². The third-order valence-electron chi connectivity index (χ3n) is 2.77. The van der Waals surface area contributed by atoms with Gasteiger partial charge in [0.1, 0.15) is 5.75 Å². The lowest BCUT2D eigenvalue weighted by Crippen LogP contribution is -2.40. The minimum absolute atomic E-state index is 0.0438. The number of hydrogen-bond donors (Lipinski definition) is 2. The van der Waals surface area contributed by atoms with E-state index in [1.165, 1.54) is 0 Å². The number of rotatable bonds is 7. The van der Waals surface area contributed by atoms with Gasteiger partial charge in [0.2, 0.25) is 0 Å². The van der Waals surface area contributed by atoms with Gasteiger partial charge in [-0.2, -0.15) is 0 Å². The van der Waals surface area contributed by atoms with Gasteiger partial charge in [-0.25, -0.2) is 0 Å². The van der Waals surface area contributed by atoms with Crippen molar-refractivity contribution in [2.45, 2.75) is 26.3 Å². The van der Waals surface area contributed by atoms with Crippen LogP contribution in [0.4, 0.5) is 5.69 Å². The highest BCUT2D eigenvalue weighted by Crippen LogP contribution is 2.19. The number of carbonyl (C=O) groups is 1. The third-order valence-corrected chi connectivity index (χ3v) is 2.77. The average Bonchev–Trinajstić information content (AvgIpc) is 2.38. The van der Waals surface area contributed by atoms with Crippen LogP contribution in [0.5, 0.6) is 5.75 Å². The zero-order chi connectivity index (χ0) is 14.3. The second-order valence-electron chi connectivity index (χ2n) is 4.58. The molecule has 0 atom stereocenters. The Labute approximate surface area is 114 Å². The van der Waals surface area contributed by atoms with Crippen molar-refractivity contribution < 1.29 is 14.6 Å². The van der Waals surface area contributed by atoms with E-state index in [0.717, 1.165) is 0 Å². The van der Waals surface area contributed by atoms with E-state index in [1.807, 2.05) is 26.0 Å². The molecule has 0 aliphatic carbocycles. The Kier molecular flexibility index (Phi) is 6.15. The first-order valence-corrected chi connectivity index (χ1v) is 6.44. The minimum atomic E-state index is -0.105. The average molecular weight is 266 g/mol. The number of aliphatic hydroxyl groups excluding tert-OH is 1. The zero-order valence-corrected chi connectivity index (χ0v) is 11.5. The van der Waals surface area contributed by atoms with E-state index in [-0.39, 0.29) is 25.2 Å². The molecule has 0 aliphatic heterocycles. The molecule has 0 unspecified atom stereocenters. The SMILES string of the molecule is CC(C)N(CCCO)C(=O)COc1ccccc1N. The number of benzene rings is 1. The summed E-state index contributed by atoms with van der Waals surface area (Å²) in [7, 11) is 0. The van der Waals surface area contributed by atoms with Crippen molar-refractivity contribution in [1.29, 1.82) is 0 Å². The Hall–Kier alpha value is -1.75. The van der Waals surface area contributed by atoms with Crippen LogP contribution >= 0.6 is 0 Å². The molecule has 0 bridgehead atoms. The van der Waals surface area contributed by atoms with Crippen LogP contribution in [0.3, 0.4) is 0 Å². The fourth-order valence-electron chi connectivity index (χ4n) is 1.75. The predicted molar refractivity (Wildman–Crippen MR) is 74.9 cm³/mol. The molecule has 0 aromatic heterocycles. The molecule has 0 fully saturated rings. The van der Waals surface area contributed by atoms with E-state index in [1.54, 1.807) is 17.0 Å². The summed E-state index contributed by atoms with van der Waals surface area (Å²) in [6.45, 7) is 4.43. The van der Waals surface area contributed by atoms with Gasteiger partial charge in [0.25, 0.3) is 5.91 Å². The van der Waals surface area contributed by atoms with E-state index >= 15 is 0 Å². The highest BCUT2D eigenvalue weighted by Gasteiger charge is 2.17. The molecule has 0 radical (unpaired) electrons. The molecule has 19 heavy (non-hydrogen) atoms. The third kappa shape index (κ3) is 4.79. The van der Waals surface area contributed by atoms with E-state index in [2.05, 4.69) is 0 Å². The molecular formula is C14H22N2O3. The Morgan fingerprint density at radius 1 is 1.42 bits per heavy atom. The smallest absolute Gasteiger partial charge is 0.260 e. The van der Waals surface area contributed by atoms with Gasteiger partial charge in [-0.15, -0.1) is 0 Å². The van der Waals surface area contributed by atoms with Crippen molar-refractivity contribution in [1.82, 2.24) is 4.90 Å². The topological polar surface area (TPSA) is 75.8 Å². The molecule has 5 nitrogen and oxygen atoms in total. The van der Waals surface area contributed by atoms with Crippen LogP contribution in [0.25, 0.3) is 0 Å². The van der Waals surface area contributed by atoms with Crippen molar-refractivity contribution in [2.24, 2.45) is 0 Å². The summed E-state index contributed by atoms with van der Waals surface area (Å²) in [4.78, 5) is 13.7. The summed E-state index contributed by atoms with van der Waals surface area (Å²) in [6, 6.07) is 7.16. The van der Waals surface area contributed by atoms with Crippen molar-refractivity contribution in [3.63, 3.8) is 0 Å². The van der Waals surface area contributed by atoms with Crippen LogP contribution in [-0.4, -0.2) is 41.7 Å². The second kappa shape index (κ2) is 7.63. The number of nitrogens with two attached hydrogens (primary N) is 1. The quantitative estimate of drug-likeness (QED) is 0.729. The van der Waals surface area contributed by atoms with Gasteiger partial charge in [-0.1, -0.05) is 12.1 Å². The molecule has 1 amide bonds. The number of para-hydroxylation sites is 2. The van der Waals surface area contributed by atoms with Crippen molar-refractivity contribution in [2.75, 3.05) is 25.5 Å². The first kappa shape index (κ1) is 15.3. The van der Waals surface area contributed by atoms with Crippen LogP contribution in [0.1, 0.15) is 20.3 Å². The maximum Gasteiger partial charge on any atom is 0.260 e. The normalized spacial score (nSPS) is 10.5. The van der Waals surface area contributed by atoms with Gasteiger partial charge in [0, 0.05) is 19.2 Å². The maximum atomic E-state index is 12.1. The molecule has 0 saturated heterocycles. The second-order valence-corrected chi connectivity index (χ2v) is 4.58. The van der Waals surface area contributed by atoms with Crippen LogP contribution < -0.4 is 10.5 Å². The number of carbonyl (C=O) groups excluding carboxylic acids is 1. The summed E-state index contributed by atoms with van der Waals surface area (Å²) >= 11 is 0. The molecule has 5 heteroatoms. The van der Waals surface area contributed by atoms with Crippen LogP contribution in [0, 0.1) is 0 Å². The monoisotopic (exact) mass is 266 g/mol. The lowest BCUT2D eigenvalue weighted by Gasteiger charge is -2.26. The van der Waals surface area contributed by atoms with Gasteiger partial charge in [-0.3, -0.25) is 4.79 Å². The Balaban J connectivity index is 2.55. The van der Waals surface area contributed by atoms with E-state index in [4.69, 9.17) is 15.6 Å². The minimum Gasteiger partial charge on any atom is -0.482 e. The number of nitrogen functional groups attached to an aromatic ring is 1. The van der Waals surface area contributed by atoms with E-state index < -0.39 is 0 Å². The van der Waals surface area contributed by atoms with Gasteiger partial charge in [-0.05, 0) is 32.4 Å². The number of nitrogens with zero attached hydrogens (tertiary/aromatic N) is 1. The molecule has 1 aromatic rings. The summed E-state index contributed by atoms with van der Waals surface area (Å²) in [6.07, 6.45) is 0.567. The summed E-state index contributed by atoms with van der Waals surface area (Å²) in [5.74, 6) is 0.411. The molecule has 0 heterocycles. The molecule has 1 aromatic carbocycles. The summed E-state index contributed by atoms with van der Waals surface area (Å²) in [5, 5.41) is 8.84. The molecule has 0 aliphatic rings. The zero-order valence-electron chi connectivity index (χ0n) is 11.5. The first-order valence-electron chi connectivity index (χ1n) is 6.44. The standard InChI is InChI=1S/C14H22N2O3/c1-11(2)16(8-5-9-17)14(18)10-19-13-7-4-3-6-12(13)15/h3-4,6-7,11,17H,5,8-10,15H2,1-2H3. The molecule has 0 saturated carbocycles. The number of amides is 1. The Bertz CT molecular complexity index is 407. The number of aliphatic hydroxyl groups is 1. The predicted octanol–water partition coefficient (Wildman–Crippen LogP) is 1.27. The lowest BCUT2D eigenvalue weighted by atomic mass is 10.2. The van der Waals surface area contributed by atoms with Gasteiger partial charge < -0.3 is 20.5 Å². The van der Waals surface area contributed by atoms with Crippen LogP contribution in [0.2, 0.25) is 0 Å². The molecule has 106 valence electrons. The molecule has 1 rings (SSSR count). The Morgan fingerprint density at radius 3 is 2.68 bits per heavy atom. The summed E-state index contributed by atoms with van der Waals surface area (Å²) < 4.78 is 5.43. The van der Waals surface area contributed by atoms with Crippen molar-refractivity contribution >= 4 is 11.6 Å². The van der Waals surface area contributed by atoms with E-state index in [0.29, 0.717) is 24.4 Å². The maximum absolute atomic E-state index is 12.1. The van der Waals surface area contributed by atoms with Crippen molar-refractivity contribution in [3.8, 4) is 5.75 Å². The Morgan fingerprint density at radius 2 is 2.11 bits per heavy atom. The van der Waals surface area contributed by atoms with Crippen molar-refractivity contribution in [3.05, 3.63) is 24.3 Å². The van der Waals surface area contributed by atoms with E-state index in [9.17, 15) is 4.79 Å². The number of ether oxygens (including phenoxy) is 1. The molecular weight excluding hydrogens is 244 g/mol. The summed E-state index contributed by atoms with van der Waals surface area (Å²) in [5.41, 5.74) is 6.26. The largest absolute Gasteiger partial charge is 0.482 e. The highest BCUT2D eigenvalue weighted by atomic mass is 16.5. The molecule has 0 spiro atoms.